The Morgan fingerprint density at radius 2 is 2.00 bits per heavy atom. The van der Waals surface area contributed by atoms with Crippen molar-refractivity contribution in [2.24, 2.45) is 0 Å². The second-order valence-electron chi connectivity index (χ2n) is 6.89. The van der Waals surface area contributed by atoms with Gasteiger partial charge in [0.2, 0.25) is 0 Å². The van der Waals surface area contributed by atoms with Crippen molar-refractivity contribution in [3.05, 3.63) is 51.8 Å². The van der Waals surface area contributed by atoms with Crippen LogP contribution in [0.4, 0.5) is 4.79 Å². The van der Waals surface area contributed by atoms with Crippen molar-refractivity contribution >= 4 is 17.6 Å². The second-order valence-corrected chi connectivity index (χ2v) is 7.32. The van der Waals surface area contributed by atoms with Gasteiger partial charge in [0.15, 0.2) is 0 Å². The summed E-state index contributed by atoms with van der Waals surface area (Å²) in [5.41, 5.74) is 1.42. The molecule has 27 heavy (non-hydrogen) atoms. The molecular formula is C19H21ClN4O3. The third-order valence-electron chi connectivity index (χ3n) is 4.97. The maximum Gasteiger partial charge on any atom is 0.317 e. The zero-order valence-electron chi connectivity index (χ0n) is 14.8. The number of ether oxygens (including phenoxy) is 1. The Hall–Kier alpha value is -2.38. The Kier molecular flexibility index (Phi) is 5.13. The van der Waals surface area contributed by atoms with Crippen molar-refractivity contribution in [2.45, 2.75) is 25.0 Å². The summed E-state index contributed by atoms with van der Waals surface area (Å²) < 4.78 is 6.97. The standard InChI is InChI=1S/C19H21ClN4O3/c20-14-5-3-13(4-6-14)17-7-8-18(25)24(22-17)15-11-23(12-15)19(26)21-10-16-2-1-9-27-16/h3-8,15-16H,1-2,9-12H2,(H,21,26). The lowest BCUT2D eigenvalue weighted by Gasteiger charge is -2.39. The number of halogens is 1. The molecule has 0 bridgehead atoms. The number of benzene rings is 1. The Morgan fingerprint density at radius 3 is 2.70 bits per heavy atom. The molecule has 142 valence electrons. The van der Waals surface area contributed by atoms with Crippen molar-refractivity contribution in [3.8, 4) is 11.3 Å². The Balaban J connectivity index is 1.38. The van der Waals surface area contributed by atoms with Gasteiger partial charge in [-0.15, -0.1) is 0 Å². The Labute approximate surface area is 161 Å². The average Bonchev–Trinajstić information content (AvgIpc) is 3.14. The number of carbonyl (C=O) groups is 1. The van der Waals surface area contributed by atoms with Gasteiger partial charge in [-0.1, -0.05) is 23.7 Å². The van der Waals surface area contributed by atoms with Crippen LogP contribution in [-0.2, 0) is 4.74 Å². The van der Waals surface area contributed by atoms with Crippen LogP contribution in [0.15, 0.2) is 41.2 Å². The molecule has 2 aliphatic rings. The van der Waals surface area contributed by atoms with Gasteiger partial charge < -0.3 is 15.0 Å². The number of rotatable bonds is 4. The summed E-state index contributed by atoms with van der Waals surface area (Å²) in [4.78, 5) is 26.1. The highest BCUT2D eigenvalue weighted by molar-refractivity contribution is 6.30. The van der Waals surface area contributed by atoms with Crippen molar-refractivity contribution in [1.82, 2.24) is 20.0 Å². The fourth-order valence-electron chi connectivity index (χ4n) is 3.36. The number of nitrogens with one attached hydrogen (secondary N) is 1. The summed E-state index contributed by atoms with van der Waals surface area (Å²) in [6, 6.07) is 10.3. The minimum atomic E-state index is -0.169. The first-order valence-electron chi connectivity index (χ1n) is 9.10. The third-order valence-corrected chi connectivity index (χ3v) is 5.22. The zero-order valence-corrected chi connectivity index (χ0v) is 15.6. The zero-order chi connectivity index (χ0) is 18.8. The van der Waals surface area contributed by atoms with E-state index in [1.165, 1.54) is 10.7 Å². The number of hydrogen-bond donors (Lipinski definition) is 1. The fraction of sp³-hybridized carbons (Fsp3) is 0.421. The van der Waals surface area contributed by atoms with Crippen molar-refractivity contribution in [3.63, 3.8) is 0 Å². The summed E-state index contributed by atoms with van der Waals surface area (Å²) in [6.45, 7) is 2.23. The van der Waals surface area contributed by atoms with Gasteiger partial charge in [0.05, 0.1) is 17.8 Å². The van der Waals surface area contributed by atoms with Crippen LogP contribution in [0, 0.1) is 0 Å². The Bertz CT molecular complexity index is 871. The lowest BCUT2D eigenvalue weighted by Crippen LogP contribution is -2.56. The molecule has 0 spiro atoms. The van der Waals surface area contributed by atoms with Gasteiger partial charge in [0.25, 0.3) is 5.56 Å². The van der Waals surface area contributed by atoms with E-state index >= 15 is 0 Å². The highest BCUT2D eigenvalue weighted by Gasteiger charge is 2.33. The predicted octanol–water partition coefficient (Wildman–Crippen LogP) is 2.31. The number of hydrogen-bond acceptors (Lipinski definition) is 4. The summed E-state index contributed by atoms with van der Waals surface area (Å²) >= 11 is 5.92. The maximum atomic E-state index is 12.2. The molecule has 1 aromatic heterocycles. The number of carbonyl (C=O) groups excluding carboxylic acids is 1. The van der Waals surface area contributed by atoms with E-state index in [1.54, 1.807) is 23.1 Å². The average molecular weight is 389 g/mol. The summed E-state index contributed by atoms with van der Waals surface area (Å²) in [5, 5.41) is 8.03. The van der Waals surface area contributed by atoms with Gasteiger partial charge >= 0.3 is 6.03 Å². The summed E-state index contributed by atoms with van der Waals surface area (Å²) in [6.07, 6.45) is 2.15. The smallest absolute Gasteiger partial charge is 0.317 e. The lowest BCUT2D eigenvalue weighted by molar-refractivity contribution is 0.0955. The Morgan fingerprint density at radius 1 is 1.22 bits per heavy atom. The van der Waals surface area contributed by atoms with E-state index in [0.29, 0.717) is 30.4 Å². The molecule has 1 atom stereocenters. The van der Waals surface area contributed by atoms with E-state index in [2.05, 4.69) is 10.4 Å². The van der Waals surface area contributed by atoms with Gasteiger partial charge in [-0.3, -0.25) is 4.79 Å². The van der Waals surface area contributed by atoms with Crippen LogP contribution >= 0.6 is 11.6 Å². The molecule has 3 heterocycles. The number of aromatic nitrogens is 2. The molecule has 1 unspecified atom stereocenters. The molecule has 0 saturated carbocycles. The van der Waals surface area contributed by atoms with Gasteiger partial charge in [-0.25, -0.2) is 9.48 Å². The van der Waals surface area contributed by atoms with Crippen LogP contribution < -0.4 is 10.9 Å². The van der Waals surface area contributed by atoms with Crippen LogP contribution in [0.25, 0.3) is 11.3 Å². The van der Waals surface area contributed by atoms with Gasteiger partial charge in [0.1, 0.15) is 0 Å². The lowest BCUT2D eigenvalue weighted by atomic mass is 10.1. The first kappa shape index (κ1) is 18.0. The maximum absolute atomic E-state index is 12.2. The molecule has 2 aromatic rings. The van der Waals surface area contributed by atoms with Crippen molar-refractivity contribution in [1.29, 1.82) is 0 Å². The van der Waals surface area contributed by atoms with Crippen LogP contribution in [0.2, 0.25) is 5.02 Å². The minimum Gasteiger partial charge on any atom is -0.376 e. The number of likely N-dealkylation sites (tertiary alicyclic amines) is 1. The molecule has 8 heteroatoms. The first-order valence-corrected chi connectivity index (χ1v) is 9.48. The third kappa shape index (κ3) is 3.99. The molecule has 7 nitrogen and oxygen atoms in total. The SMILES string of the molecule is O=C(NCC1CCCO1)N1CC(n2nc(-c3ccc(Cl)cc3)ccc2=O)C1. The van der Waals surface area contributed by atoms with Crippen LogP contribution in [0.1, 0.15) is 18.9 Å². The quantitative estimate of drug-likeness (QED) is 0.872. The van der Waals surface area contributed by atoms with E-state index in [1.807, 2.05) is 12.1 Å². The predicted molar refractivity (Wildman–Crippen MR) is 102 cm³/mol. The van der Waals surface area contributed by atoms with Gasteiger partial charge in [-0.2, -0.15) is 5.10 Å². The number of urea groups is 1. The molecule has 1 aromatic carbocycles. The molecule has 4 rings (SSSR count). The van der Waals surface area contributed by atoms with E-state index < -0.39 is 0 Å². The van der Waals surface area contributed by atoms with Crippen LogP contribution in [-0.4, -0.2) is 53.1 Å². The number of nitrogens with zero attached hydrogens (tertiary/aromatic N) is 3. The molecule has 2 saturated heterocycles. The van der Waals surface area contributed by atoms with E-state index in [4.69, 9.17) is 16.3 Å². The molecule has 2 amide bonds. The molecule has 0 aliphatic carbocycles. The topological polar surface area (TPSA) is 76.5 Å². The van der Waals surface area contributed by atoms with Crippen LogP contribution in [0.5, 0.6) is 0 Å². The molecule has 2 aliphatic heterocycles. The van der Waals surface area contributed by atoms with Gasteiger partial charge in [0, 0.05) is 42.9 Å². The molecule has 1 N–H and O–H groups in total. The van der Waals surface area contributed by atoms with Crippen LogP contribution in [0.3, 0.4) is 0 Å². The normalized spacial score (nSPS) is 19.7. The number of amides is 2. The van der Waals surface area contributed by atoms with Gasteiger partial charge in [-0.05, 0) is 31.0 Å². The molecule has 0 radical (unpaired) electrons. The van der Waals surface area contributed by atoms with E-state index in [9.17, 15) is 9.59 Å². The van der Waals surface area contributed by atoms with E-state index in [-0.39, 0.29) is 23.7 Å². The highest BCUT2D eigenvalue weighted by atomic mass is 35.5. The second kappa shape index (κ2) is 7.70. The first-order chi connectivity index (χ1) is 13.1. The largest absolute Gasteiger partial charge is 0.376 e. The van der Waals surface area contributed by atoms with Crippen molar-refractivity contribution in [2.75, 3.05) is 26.2 Å². The molecular weight excluding hydrogens is 368 g/mol. The molecule has 2 fully saturated rings. The fourth-order valence-corrected chi connectivity index (χ4v) is 3.48. The summed E-state index contributed by atoms with van der Waals surface area (Å²) in [5.74, 6) is 0. The minimum absolute atomic E-state index is 0.113. The van der Waals surface area contributed by atoms with Crippen molar-refractivity contribution < 1.29 is 9.53 Å². The summed E-state index contributed by atoms with van der Waals surface area (Å²) in [7, 11) is 0. The highest BCUT2D eigenvalue weighted by Crippen LogP contribution is 2.22. The van der Waals surface area contributed by atoms with E-state index in [0.717, 1.165) is 25.0 Å². The monoisotopic (exact) mass is 388 g/mol.